The van der Waals surface area contributed by atoms with Crippen LogP contribution in [-0.2, 0) is 4.79 Å². The fourth-order valence-electron chi connectivity index (χ4n) is 1.34. The van der Waals surface area contributed by atoms with E-state index in [1.165, 1.54) is 0 Å². The van der Waals surface area contributed by atoms with E-state index in [2.05, 4.69) is 5.32 Å². The average molecular weight is 239 g/mol. The SMILES string of the molecule is CCOc1ccc(NC(C)C(=O)O)cc1OC. The van der Waals surface area contributed by atoms with Gasteiger partial charge in [-0.05, 0) is 26.0 Å². The average Bonchev–Trinajstić information content (AvgIpc) is 2.31. The summed E-state index contributed by atoms with van der Waals surface area (Å²) < 4.78 is 10.5. The van der Waals surface area contributed by atoms with Gasteiger partial charge in [0.05, 0.1) is 13.7 Å². The molecule has 1 unspecified atom stereocenters. The van der Waals surface area contributed by atoms with Crippen LogP contribution in [-0.4, -0.2) is 30.8 Å². The van der Waals surface area contributed by atoms with Gasteiger partial charge in [-0.1, -0.05) is 0 Å². The number of anilines is 1. The Morgan fingerprint density at radius 3 is 2.71 bits per heavy atom. The molecule has 5 nitrogen and oxygen atoms in total. The lowest BCUT2D eigenvalue weighted by molar-refractivity contribution is -0.137. The highest BCUT2D eigenvalue weighted by Gasteiger charge is 2.11. The standard InChI is InChI=1S/C12H17NO4/c1-4-17-10-6-5-9(7-11(10)16-3)13-8(2)12(14)15/h5-8,13H,4H2,1-3H3,(H,14,15). The van der Waals surface area contributed by atoms with Crippen LogP contribution in [0.3, 0.4) is 0 Å². The molecule has 0 amide bonds. The number of benzene rings is 1. The number of carbonyl (C=O) groups is 1. The first-order valence-corrected chi connectivity index (χ1v) is 5.38. The quantitative estimate of drug-likeness (QED) is 0.794. The van der Waals surface area contributed by atoms with Gasteiger partial charge in [-0.15, -0.1) is 0 Å². The van der Waals surface area contributed by atoms with Gasteiger partial charge in [-0.25, -0.2) is 0 Å². The predicted octanol–water partition coefficient (Wildman–Crippen LogP) is 1.98. The Morgan fingerprint density at radius 1 is 1.47 bits per heavy atom. The van der Waals surface area contributed by atoms with Gasteiger partial charge in [0.25, 0.3) is 0 Å². The molecule has 0 heterocycles. The molecular weight excluding hydrogens is 222 g/mol. The first kappa shape index (κ1) is 13.2. The first-order valence-electron chi connectivity index (χ1n) is 5.38. The molecule has 0 aliphatic rings. The zero-order chi connectivity index (χ0) is 12.8. The van der Waals surface area contributed by atoms with Crippen molar-refractivity contribution < 1.29 is 19.4 Å². The molecule has 17 heavy (non-hydrogen) atoms. The molecule has 1 atom stereocenters. The molecule has 0 bridgehead atoms. The van der Waals surface area contributed by atoms with E-state index in [-0.39, 0.29) is 0 Å². The number of aliphatic carboxylic acids is 1. The molecule has 94 valence electrons. The van der Waals surface area contributed by atoms with Gasteiger partial charge in [-0.2, -0.15) is 0 Å². The Hall–Kier alpha value is -1.91. The molecule has 0 saturated carbocycles. The van der Waals surface area contributed by atoms with Gasteiger partial charge >= 0.3 is 5.97 Å². The number of ether oxygens (including phenoxy) is 2. The van der Waals surface area contributed by atoms with Gasteiger partial charge < -0.3 is 19.9 Å². The normalized spacial score (nSPS) is 11.7. The van der Waals surface area contributed by atoms with Crippen LogP contribution in [0.4, 0.5) is 5.69 Å². The molecule has 5 heteroatoms. The zero-order valence-electron chi connectivity index (χ0n) is 10.2. The van der Waals surface area contributed by atoms with Crippen LogP contribution in [0, 0.1) is 0 Å². The van der Waals surface area contributed by atoms with E-state index in [1.807, 2.05) is 6.92 Å². The van der Waals surface area contributed by atoms with E-state index < -0.39 is 12.0 Å². The summed E-state index contributed by atoms with van der Waals surface area (Å²) in [5.74, 6) is 0.316. The third-order valence-corrected chi connectivity index (χ3v) is 2.22. The number of methoxy groups -OCH3 is 1. The molecule has 0 radical (unpaired) electrons. The number of hydrogen-bond acceptors (Lipinski definition) is 4. The van der Waals surface area contributed by atoms with Crippen molar-refractivity contribution in [3.05, 3.63) is 18.2 Å². The maximum atomic E-state index is 10.7. The summed E-state index contributed by atoms with van der Waals surface area (Å²) in [7, 11) is 1.54. The third-order valence-electron chi connectivity index (χ3n) is 2.22. The number of nitrogens with one attached hydrogen (secondary N) is 1. The van der Waals surface area contributed by atoms with E-state index >= 15 is 0 Å². The highest BCUT2D eigenvalue weighted by atomic mass is 16.5. The Morgan fingerprint density at radius 2 is 2.18 bits per heavy atom. The molecule has 0 aliphatic carbocycles. The second-order valence-electron chi connectivity index (χ2n) is 3.50. The fourth-order valence-corrected chi connectivity index (χ4v) is 1.34. The van der Waals surface area contributed by atoms with Crippen molar-refractivity contribution in [2.45, 2.75) is 19.9 Å². The molecule has 0 aromatic heterocycles. The highest BCUT2D eigenvalue weighted by molar-refractivity contribution is 5.77. The summed E-state index contributed by atoms with van der Waals surface area (Å²) in [5, 5.41) is 11.6. The molecule has 1 rings (SSSR count). The second kappa shape index (κ2) is 5.98. The van der Waals surface area contributed by atoms with Crippen molar-refractivity contribution in [2.75, 3.05) is 19.0 Å². The monoisotopic (exact) mass is 239 g/mol. The van der Waals surface area contributed by atoms with Crippen molar-refractivity contribution in [3.63, 3.8) is 0 Å². The van der Waals surface area contributed by atoms with Crippen molar-refractivity contribution in [3.8, 4) is 11.5 Å². The molecule has 2 N–H and O–H groups in total. The van der Waals surface area contributed by atoms with Gasteiger partial charge in [0.2, 0.25) is 0 Å². The van der Waals surface area contributed by atoms with E-state index in [1.54, 1.807) is 32.2 Å². The van der Waals surface area contributed by atoms with E-state index in [0.717, 1.165) is 0 Å². The summed E-state index contributed by atoms with van der Waals surface area (Å²) in [5.41, 5.74) is 0.681. The summed E-state index contributed by atoms with van der Waals surface area (Å²) in [6, 6.07) is 4.56. The fraction of sp³-hybridized carbons (Fsp3) is 0.417. The lowest BCUT2D eigenvalue weighted by Gasteiger charge is -2.14. The van der Waals surface area contributed by atoms with Crippen LogP contribution in [0.1, 0.15) is 13.8 Å². The van der Waals surface area contributed by atoms with Gasteiger partial charge in [0, 0.05) is 11.8 Å². The summed E-state index contributed by atoms with van der Waals surface area (Å²) in [4.78, 5) is 10.7. The van der Waals surface area contributed by atoms with Crippen molar-refractivity contribution in [1.29, 1.82) is 0 Å². The minimum Gasteiger partial charge on any atom is -0.493 e. The molecular formula is C12H17NO4. The Labute approximate surface area is 100 Å². The van der Waals surface area contributed by atoms with E-state index in [0.29, 0.717) is 23.8 Å². The van der Waals surface area contributed by atoms with Gasteiger partial charge in [-0.3, -0.25) is 4.79 Å². The number of rotatable bonds is 6. The first-order chi connectivity index (χ1) is 8.08. The Kier molecular flexibility index (Phi) is 4.63. The number of carboxylic acid groups (broad SMARTS) is 1. The van der Waals surface area contributed by atoms with Crippen molar-refractivity contribution >= 4 is 11.7 Å². The van der Waals surface area contributed by atoms with Crippen molar-refractivity contribution in [2.24, 2.45) is 0 Å². The third kappa shape index (κ3) is 3.55. The largest absolute Gasteiger partial charge is 0.493 e. The summed E-state index contributed by atoms with van der Waals surface area (Å²) in [6.07, 6.45) is 0. The second-order valence-corrected chi connectivity index (χ2v) is 3.50. The zero-order valence-corrected chi connectivity index (χ0v) is 10.2. The van der Waals surface area contributed by atoms with Gasteiger partial charge in [0.15, 0.2) is 11.5 Å². The molecule has 0 fully saturated rings. The molecule has 0 saturated heterocycles. The van der Waals surface area contributed by atoms with Crippen LogP contribution in [0.2, 0.25) is 0 Å². The lowest BCUT2D eigenvalue weighted by Crippen LogP contribution is -2.25. The van der Waals surface area contributed by atoms with Crippen LogP contribution in [0.5, 0.6) is 11.5 Å². The highest BCUT2D eigenvalue weighted by Crippen LogP contribution is 2.30. The molecule has 0 aliphatic heterocycles. The van der Waals surface area contributed by atoms with E-state index in [9.17, 15) is 4.79 Å². The molecule has 0 spiro atoms. The summed E-state index contributed by atoms with van der Waals surface area (Å²) >= 11 is 0. The Bertz CT molecular complexity index is 392. The predicted molar refractivity (Wildman–Crippen MR) is 64.9 cm³/mol. The summed E-state index contributed by atoms with van der Waals surface area (Å²) in [6.45, 7) is 4.01. The lowest BCUT2D eigenvalue weighted by atomic mass is 10.2. The van der Waals surface area contributed by atoms with E-state index in [4.69, 9.17) is 14.6 Å². The van der Waals surface area contributed by atoms with Crippen LogP contribution >= 0.6 is 0 Å². The number of hydrogen-bond donors (Lipinski definition) is 2. The Balaban J connectivity index is 2.85. The van der Waals surface area contributed by atoms with Crippen LogP contribution < -0.4 is 14.8 Å². The maximum Gasteiger partial charge on any atom is 0.325 e. The maximum absolute atomic E-state index is 10.7. The molecule has 1 aromatic carbocycles. The van der Waals surface area contributed by atoms with Crippen LogP contribution in [0.15, 0.2) is 18.2 Å². The number of carboxylic acids is 1. The molecule has 1 aromatic rings. The van der Waals surface area contributed by atoms with Gasteiger partial charge in [0.1, 0.15) is 6.04 Å². The van der Waals surface area contributed by atoms with Crippen molar-refractivity contribution in [1.82, 2.24) is 0 Å². The minimum absolute atomic E-state index is 0.550. The minimum atomic E-state index is -0.905. The topological polar surface area (TPSA) is 67.8 Å². The smallest absolute Gasteiger partial charge is 0.325 e. The van der Waals surface area contributed by atoms with Crippen LogP contribution in [0.25, 0.3) is 0 Å².